The normalized spacial score (nSPS) is 18.2. The lowest BCUT2D eigenvalue weighted by Gasteiger charge is -2.27. The van der Waals surface area contributed by atoms with Gasteiger partial charge in [-0.25, -0.2) is 5.43 Å². The van der Waals surface area contributed by atoms with Gasteiger partial charge in [-0.3, -0.25) is 14.6 Å². The van der Waals surface area contributed by atoms with Crippen LogP contribution in [0.4, 0.5) is 0 Å². The summed E-state index contributed by atoms with van der Waals surface area (Å²) < 4.78 is 5.39. The lowest BCUT2D eigenvalue weighted by Crippen LogP contribution is -2.35. The van der Waals surface area contributed by atoms with Gasteiger partial charge in [-0.15, -0.1) is 0 Å². The molecular weight excluding hydrogens is 376 g/mol. The molecule has 1 N–H and O–H groups in total. The van der Waals surface area contributed by atoms with Crippen molar-refractivity contribution in [1.29, 1.82) is 0 Å². The van der Waals surface area contributed by atoms with E-state index in [-0.39, 0.29) is 5.91 Å². The minimum Gasteiger partial charge on any atom is -0.379 e. The Morgan fingerprint density at radius 2 is 1.43 bits per heavy atom. The summed E-state index contributed by atoms with van der Waals surface area (Å²) in [6, 6.07) is 18.4. The van der Waals surface area contributed by atoms with Crippen molar-refractivity contribution in [3.05, 3.63) is 71.3 Å². The van der Waals surface area contributed by atoms with Crippen LogP contribution in [0.25, 0.3) is 0 Å². The molecule has 2 heterocycles. The molecule has 0 aromatic heterocycles. The van der Waals surface area contributed by atoms with Crippen molar-refractivity contribution < 1.29 is 9.53 Å². The minimum absolute atomic E-state index is 0.146. The second-order valence-corrected chi connectivity index (χ2v) is 7.97. The zero-order valence-electron chi connectivity index (χ0n) is 17.4. The Kier molecular flexibility index (Phi) is 7.24. The largest absolute Gasteiger partial charge is 0.379 e. The maximum Gasteiger partial charge on any atom is 0.271 e. The van der Waals surface area contributed by atoms with Crippen molar-refractivity contribution in [2.45, 2.75) is 25.9 Å². The molecule has 0 bridgehead atoms. The average Bonchev–Trinajstić information content (AvgIpc) is 2.80. The summed E-state index contributed by atoms with van der Waals surface area (Å²) in [7, 11) is 0. The fourth-order valence-electron chi connectivity index (χ4n) is 3.90. The highest BCUT2D eigenvalue weighted by Crippen LogP contribution is 2.12. The molecule has 158 valence electrons. The van der Waals surface area contributed by atoms with Crippen molar-refractivity contribution in [3.63, 3.8) is 0 Å². The predicted molar refractivity (Wildman–Crippen MR) is 118 cm³/mol. The highest BCUT2D eigenvalue weighted by molar-refractivity contribution is 5.95. The number of morpholine rings is 1. The summed E-state index contributed by atoms with van der Waals surface area (Å²) >= 11 is 0. The van der Waals surface area contributed by atoms with Gasteiger partial charge in [-0.1, -0.05) is 42.5 Å². The summed E-state index contributed by atoms with van der Waals surface area (Å²) in [6.45, 7) is 7.32. The van der Waals surface area contributed by atoms with E-state index < -0.39 is 0 Å². The molecule has 6 nitrogen and oxygen atoms in total. The number of nitrogens with one attached hydrogen (secondary N) is 1. The molecule has 0 spiro atoms. The van der Waals surface area contributed by atoms with Gasteiger partial charge in [0, 0.05) is 63.4 Å². The second-order valence-electron chi connectivity index (χ2n) is 7.97. The molecule has 0 unspecified atom stereocenters. The zero-order valence-corrected chi connectivity index (χ0v) is 17.4. The van der Waals surface area contributed by atoms with Gasteiger partial charge in [0.2, 0.25) is 0 Å². The Balaban J connectivity index is 1.22. The number of carbonyl (C=O) groups is 1. The van der Waals surface area contributed by atoms with E-state index in [9.17, 15) is 4.79 Å². The smallest absolute Gasteiger partial charge is 0.271 e. The molecule has 2 aliphatic rings. The Hall–Kier alpha value is -2.54. The van der Waals surface area contributed by atoms with Crippen LogP contribution in [-0.2, 0) is 17.8 Å². The van der Waals surface area contributed by atoms with E-state index >= 15 is 0 Å². The summed E-state index contributed by atoms with van der Waals surface area (Å²) in [5.41, 5.74) is 7.00. The molecule has 30 heavy (non-hydrogen) atoms. The predicted octanol–water partition coefficient (Wildman–Crippen LogP) is 2.90. The van der Waals surface area contributed by atoms with Gasteiger partial charge in [-0.05, 0) is 23.3 Å². The average molecular weight is 407 g/mol. The first-order valence-electron chi connectivity index (χ1n) is 10.8. The highest BCUT2D eigenvalue weighted by Gasteiger charge is 2.16. The van der Waals surface area contributed by atoms with Gasteiger partial charge in [0.1, 0.15) is 0 Å². The number of hydrazone groups is 1. The van der Waals surface area contributed by atoms with Crippen molar-refractivity contribution >= 4 is 11.6 Å². The van der Waals surface area contributed by atoms with Crippen LogP contribution >= 0.6 is 0 Å². The first-order valence-corrected chi connectivity index (χ1v) is 10.8. The molecule has 6 heteroatoms. The highest BCUT2D eigenvalue weighted by atomic mass is 16.5. The van der Waals surface area contributed by atoms with E-state index in [0.29, 0.717) is 5.56 Å². The van der Waals surface area contributed by atoms with Gasteiger partial charge in [-0.2, -0.15) is 5.10 Å². The Morgan fingerprint density at radius 1 is 0.833 bits per heavy atom. The Labute approximate surface area is 178 Å². The van der Waals surface area contributed by atoms with Crippen LogP contribution in [0.15, 0.2) is 59.7 Å². The molecule has 0 saturated carbocycles. The molecule has 4 rings (SSSR count). The maximum atomic E-state index is 12.4. The molecular formula is C24H30N4O2. The molecule has 0 aliphatic carbocycles. The van der Waals surface area contributed by atoms with Gasteiger partial charge < -0.3 is 4.74 Å². The summed E-state index contributed by atoms with van der Waals surface area (Å²) in [5.74, 6) is -0.146. The maximum absolute atomic E-state index is 12.4. The number of amides is 1. The van der Waals surface area contributed by atoms with Gasteiger partial charge in [0.25, 0.3) is 5.91 Å². The lowest BCUT2D eigenvalue weighted by molar-refractivity contribution is 0.0342. The van der Waals surface area contributed by atoms with E-state index in [1.807, 2.05) is 30.3 Å². The number of hydrogen-bond acceptors (Lipinski definition) is 5. The molecule has 2 aromatic carbocycles. The van der Waals surface area contributed by atoms with Crippen molar-refractivity contribution in [3.8, 4) is 0 Å². The minimum atomic E-state index is -0.146. The second kappa shape index (κ2) is 10.5. The summed E-state index contributed by atoms with van der Waals surface area (Å²) in [6.07, 6.45) is 1.79. The van der Waals surface area contributed by atoms with Crippen LogP contribution < -0.4 is 5.43 Å². The zero-order chi connectivity index (χ0) is 20.6. The van der Waals surface area contributed by atoms with Crippen LogP contribution in [-0.4, -0.2) is 60.8 Å². The number of rotatable bonds is 6. The Morgan fingerprint density at radius 3 is 2.10 bits per heavy atom. The third-order valence-corrected chi connectivity index (χ3v) is 5.72. The number of piperidine rings is 1. The molecule has 0 atom stereocenters. The number of likely N-dealkylation sites (tertiary alicyclic amines) is 1. The summed E-state index contributed by atoms with van der Waals surface area (Å²) in [4.78, 5) is 17.2. The van der Waals surface area contributed by atoms with Gasteiger partial charge >= 0.3 is 0 Å². The molecule has 2 fully saturated rings. The SMILES string of the molecule is O=C(NN=C1CCN(Cc2ccccc2)CC1)c1ccc(CN2CCOCC2)cc1. The topological polar surface area (TPSA) is 57.2 Å². The third-order valence-electron chi connectivity index (χ3n) is 5.72. The molecule has 2 saturated heterocycles. The van der Waals surface area contributed by atoms with Gasteiger partial charge in [0.15, 0.2) is 0 Å². The van der Waals surface area contributed by atoms with Crippen LogP contribution in [0.1, 0.15) is 34.3 Å². The van der Waals surface area contributed by atoms with E-state index in [2.05, 4.69) is 44.6 Å². The third kappa shape index (κ3) is 5.98. The number of hydrogen-bond donors (Lipinski definition) is 1. The molecule has 2 aromatic rings. The summed E-state index contributed by atoms with van der Waals surface area (Å²) in [5, 5.41) is 4.39. The van der Waals surface area contributed by atoms with Crippen LogP contribution in [0, 0.1) is 0 Å². The van der Waals surface area contributed by atoms with E-state index in [1.165, 1.54) is 11.1 Å². The fraction of sp³-hybridized carbons (Fsp3) is 0.417. The number of benzene rings is 2. The van der Waals surface area contributed by atoms with E-state index in [1.54, 1.807) is 0 Å². The van der Waals surface area contributed by atoms with Gasteiger partial charge in [0.05, 0.1) is 13.2 Å². The van der Waals surface area contributed by atoms with E-state index in [0.717, 1.165) is 71.0 Å². The van der Waals surface area contributed by atoms with Crippen molar-refractivity contribution in [1.82, 2.24) is 15.2 Å². The van der Waals surface area contributed by atoms with Crippen molar-refractivity contribution in [2.24, 2.45) is 5.10 Å². The quantitative estimate of drug-likeness (QED) is 0.750. The van der Waals surface area contributed by atoms with Crippen molar-refractivity contribution in [2.75, 3.05) is 39.4 Å². The first-order chi connectivity index (χ1) is 14.8. The fourth-order valence-corrected chi connectivity index (χ4v) is 3.90. The van der Waals surface area contributed by atoms with Crippen LogP contribution in [0.3, 0.4) is 0 Å². The monoisotopic (exact) mass is 406 g/mol. The van der Waals surface area contributed by atoms with Crippen LogP contribution in [0.5, 0.6) is 0 Å². The van der Waals surface area contributed by atoms with Crippen LogP contribution in [0.2, 0.25) is 0 Å². The molecule has 2 aliphatic heterocycles. The Bertz CT molecular complexity index is 835. The number of nitrogens with zero attached hydrogens (tertiary/aromatic N) is 3. The van der Waals surface area contributed by atoms with E-state index in [4.69, 9.17) is 4.74 Å². The lowest BCUT2D eigenvalue weighted by atomic mass is 10.1. The molecule has 1 amide bonds. The molecule has 0 radical (unpaired) electrons. The standard InChI is InChI=1S/C24H30N4O2/c29-24(22-8-6-21(7-9-22)19-28-14-16-30-17-15-28)26-25-23-10-12-27(13-11-23)18-20-4-2-1-3-5-20/h1-9H,10-19H2,(H,26,29). The first kappa shape index (κ1) is 20.7. The number of ether oxygens (including phenoxy) is 1. The number of carbonyl (C=O) groups excluding carboxylic acids is 1.